The number of thioether (sulfide) groups is 1. The van der Waals surface area contributed by atoms with Gasteiger partial charge in [-0.2, -0.15) is 13.2 Å². The van der Waals surface area contributed by atoms with Crippen LogP contribution in [0, 0.1) is 0 Å². The number of carbonyl (C=O) groups is 1. The average Bonchev–Trinajstić information content (AvgIpc) is 3.26. The molecule has 0 atom stereocenters. The molecule has 0 saturated carbocycles. The van der Waals surface area contributed by atoms with E-state index in [2.05, 4.69) is 38.0 Å². The summed E-state index contributed by atoms with van der Waals surface area (Å²) < 4.78 is 46.1. The van der Waals surface area contributed by atoms with Gasteiger partial charge in [-0.15, -0.1) is 16.8 Å². The molecule has 1 N–H and O–H groups in total. The van der Waals surface area contributed by atoms with E-state index >= 15 is 0 Å². The molecule has 3 aromatic rings. The zero-order chi connectivity index (χ0) is 21.0. The Kier molecular flexibility index (Phi) is 6.48. The average molecular weight is 487 g/mol. The first kappa shape index (κ1) is 21.2. The molecule has 152 valence electrons. The molecule has 0 aliphatic heterocycles. The van der Waals surface area contributed by atoms with Gasteiger partial charge < -0.3 is 9.73 Å². The van der Waals surface area contributed by atoms with Crippen LogP contribution in [0.3, 0.4) is 0 Å². The first-order valence-electron chi connectivity index (χ1n) is 8.17. The van der Waals surface area contributed by atoms with Crippen LogP contribution >= 0.6 is 27.7 Å². The number of furan rings is 1. The highest BCUT2D eigenvalue weighted by Gasteiger charge is 2.30. The normalized spacial score (nSPS) is 11.4. The summed E-state index contributed by atoms with van der Waals surface area (Å²) in [5.74, 6) is 0.431. The Morgan fingerprint density at radius 2 is 2.10 bits per heavy atom. The number of amides is 1. The summed E-state index contributed by atoms with van der Waals surface area (Å²) >= 11 is 4.33. The van der Waals surface area contributed by atoms with Gasteiger partial charge in [-0.25, -0.2) is 0 Å². The van der Waals surface area contributed by atoms with Crippen molar-refractivity contribution in [2.24, 2.45) is 0 Å². The molecule has 6 nitrogen and oxygen atoms in total. The molecule has 0 bridgehead atoms. The Morgan fingerprint density at radius 3 is 2.76 bits per heavy atom. The number of benzene rings is 1. The molecule has 0 spiro atoms. The fraction of sp³-hybridized carbons (Fsp3) is 0.167. The van der Waals surface area contributed by atoms with Crippen molar-refractivity contribution in [1.29, 1.82) is 0 Å². The van der Waals surface area contributed by atoms with Crippen LogP contribution in [0.15, 0.2) is 63.3 Å². The third-order valence-electron chi connectivity index (χ3n) is 3.63. The molecule has 0 saturated heterocycles. The smallest absolute Gasteiger partial charge is 0.416 e. The number of hydrogen-bond acceptors (Lipinski definition) is 5. The van der Waals surface area contributed by atoms with Crippen LogP contribution in [0.25, 0.3) is 11.6 Å². The molecule has 1 amide bonds. The van der Waals surface area contributed by atoms with Gasteiger partial charge in [0.2, 0.25) is 11.7 Å². The van der Waals surface area contributed by atoms with Crippen molar-refractivity contribution < 1.29 is 22.4 Å². The molecule has 3 rings (SSSR count). The molecular weight excluding hydrogens is 473 g/mol. The van der Waals surface area contributed by atoms with Crippen molar-refractivity contribution in [1.82, 2.24) is 14.8 Å². The van der Waals surface area contributed by atoms with Gasteiger partial charge in [0.05, 0.1) is 11.3 Å². The van der Waals surface area contributed by atoms with E-state index in [4.69, 9.17) is 4.42 Å². The van der Waals surface area contributed by atoms with E-state index in [-0.39, 0.29) is 11.4 Å². The number of allylic oxidation sites excluding steroid dienone is 1. The minimum absolute atomic E-state index is 0.0621. The lowest BCUT2D eigenvalue weighted by molar-refractivity contribution is -0.137. The first-order chi connectivity index (χ1) is 13.8. The molecular formula is C18H14BrF3N4O2S. The number of hydrogen-bond donors (Lipinski definition) is 1. The lowest BCUT2D eigenvalue weighted by Gasteiger charge is -2.10. The number of nitrogens with one attached hydrogen (secondary N) is 1. The van der Waals surface area contributed by atoms with E-state index in [0.717, 1.165) is 23.9 Å². The minimum atomic E-state index is -4.48. The third-order valence-corrected chi connectivity index (χ3v) is 5.02. The summed E-state index contributed by atoms with van der Waals surface area (Å²) in [5, 5.41) is 11.1. The predicted octanol–water partition coefficient (Wildman–Crippen LogP) is 5.24. The maximum Gasteiger partial charge on any atom is 0.416 e. The Balaban J connectivity index is 1.69. The number of alkyl halides is 3. The van der Waals surface area contributed by atoms with Crippen molar-refractivity contribution in [3.63, 3.8) is 0 Å². The SMILES string of the molecule is C=CCn1c(SCC(=O)Nc2cccc(C(F)(F)F)c2)nnc1-c1ccc(Br)o1. The van der Waals surface area contributed by atoms with Gasteiger partial charge in [0, 0.05) is 12.2 Å². The Hall–Kier alpha value is -2.53. The lowest BCUT2D eigenvalue weighted by Crippen LogP contribution is -2.15. The van der Waals surface area contributed by atoms with Gasteiger partial charge >= 0.3 is 6.18 Å². The van der Waals surface area contributed by atoms with Crippen molar-refractivity contribution in [3.05, 3.63) is 59.3 Å². The molecule has 2 heterocycles. The highest BCUT2D eigenvalue weighted by Crippen LogP contribution is 2.31. The summed E-state index contributed by atoms with van der Waals surface area (Å²) in [6, 6.07) is 7.90. The van der Waals surface area contributed by atoms with Gasteiger partial charge in [-0.3, -0.25) is 9.36 Å². The number of aromatic nitrogens is 3. The maximum absolute atomic E-state index is 12.8. The van der Waals surface area contributed by atoms with Crippen LogP contribution in [-0.2, 0) is 17.5 Å². The summed E-state index contributed by atoms with van der Waals surface area (Å²) in [5.41, 5.74) is -0.762. The number of anilines is 1. The largest absolute Gasteiger partial charge is 0.446 e. The Morgan fingerprint density at radius 1 is 1.31 bits per heavy atom. The van der Waals surface area contributed by atoms with E-state index in [0.29, 0.717) is 28.0 Å². The minimum Gasteiger partial charge on any atom is -0.446 e. The zero-order valence-electron chi connectivity index (χ0n) is 14.7. The zero-order valence-corrected chi connectivity index (χ0v) is 17.1. The van der Waals surface area contributed by atoms with Crippen molar-refractivity contribution >= 4 is 39.3 Å². The third kappa shape index (κ3) is 5.30. The molecule has 0 radical (unpaired) electrons. The van der Waals surface area contributed by atoms with Crippen molar-refractivity contribution in [3.8, 4) is 11.6 Å². The van der Waals surface area contributed by atoms with Crippen LogP contribution in [0.2, 0.25) is 0 Å². The van der Waals surface area contributed by atoms with Gasteiger partial charge in [-0.05, 0) is 46.3 Å². The molecule has 1 aromatic carbocycles. The second-order valence-corrected chi connectivity index (χ2v) is 7.45. The number of halogens is 4. The highest BCUT2D eigenvalue weighted by atomic mass is 79.9. The standard InChI is InChI=1S/C18H14BrF3N4O2S/c1-2-8-26-16(13-6-7-14(19)28-13)24-25-17(26)29-10-15(27)23-12-5-3-4-11(9-12)18(20,21)22/h2-7,9H,1,8,10H2,(H,23,27). The van der Waals surface area contributed by atoms with Gasteiger partial charge in [0.25, 0.3) is 0 Å². The van der Waals surface area contributed by atoms with E-state index < -0.39 is 17.6 Å². The van der Waals surface area contributed by atoms with Gasteiger partial charge in [-0.1, -0.05) is 23.9 Å². The highest BCUT2D eigenvalue weighted by molar-refractivity contribution is 9.10. The van der Waals surface area contributed by atoms with E-state index in [9.17, 15) is 18.0 Å². The molecule has 0 aliphatic carbocycles. The van der Waals surface area contributed by atoms with Gasteiger partial charge in [0.1, 0.15) is 0 Å². The van der Waals surface area contributed by atoms with Crippen molar-refractivity contribution in [2.45, 2.75) is 17.9 Å². The van der Waals surface area contributed by atoms with E-state index in [1.54, 1.807) is 22.8 Å². The van der Waals surface area contributed by atoms with Crippen LogP contribution in [0.5, 0.6) is 0 Å². The second-order valence-electron chi connectivity index (χ2n) is 5.72. The first-order valence-corrected chi connectivity index (χ1v) is 9.95. The number of rotatable bonds is 7. The van der Waals surface area contributed by atoms with Crippen LogP contribution < -0.4 is 5.32 Å². The summed E-state index contributed by atoms with van der Waals surface area (Å²) in [7, 11) is 0. The Labute approximate surface area is 176 Å². The van der Waals surface area contributed by atoms with Crippen LogP contribution in [-0.4, -0.2) is 26.4 Å². The molecule has 0 unspecified atom stereocenters. The summed E-state index contributed by atoms with van der Waals surface area (Å²) in [6.45, 7) is 4.09. The maximum atomic E-state index is 12.8. The van der Waals surface area contributed by atoms with Crippen LogP contribution in [0.4, 0.5) is 18.9 Å². The van der Waals surface area contributed by atoms with Gasteiger partial charge in [0.15, 0.2) is 15.6 Å². The van der Waals surface area contributed by atoms with E-state index in [1.165, 1.54) is 12.1 Å². The molecule has 2 aromatic heterocycles. The van der Waals surface area contributed by atoms with Crippen molar-refractivity contribution in [2.75, 3.05) is 11.1 Å². The fourth-order valence-electron chi connectivity index (χ4n) is 2.41. The monoisotopic (exact) mass is 486 g/mol. The topological polar surface area (TPSA) is 73.0 Å². The quantitative estimate of drug-likeness (QED) is 0.365. The molecule has 0 aliphatic rings. The Bertz CT molecular complexity index is 1030. The van der Waals surface area contributed by atoms with E-state index in [1.807, 2.05) is 0 Å². The predicted molar refractivity (Wildman–Crippen MR) is 106 cm³/mol. The number of nitrogens with zero attached hydrogens (tertiary/aromatic N) is 3. The lowest BCUT2D eigenvalue weighted by atomic mass is 10.2. The molecule has 11 heteroatoms. The van der Waals surface area contributed by atoms with Crippen LogP contribution in [0.1, 0.15) is 5.56 Å². The summed E-state index contributed by atoms with van der Waals surface area (Å²) in [4.78, 5) is 12.2. The molecule has 29 heavy (non-hydrogen) atoms. The second kappa shape index (κ2) is 8.87. The summed E-state index contributed by atoms with van der Waals surface area (Å²) in [6.07, 6.45) is -2.83. The molecule has 0 fully saturated rings. The number of carbonyl (C=O) groups excluding carboxylic acids is 1. The fourth-order valence-corrected chi connectivity index (χ4v) is 3.46.